The predicted octanol–water partition coefficient (Wildman–Crippen LogP) is 6.41. The van der Waals surface area contributed by atoms with Gasteiger partial charge in [-0.25, -0.2) is 13.2 Å². The lowest BCUT2D eigenvalue weighted by Gasteiger charge is -2.34. The third-order valence-electron chi connectivity index (χ3n) is 7.75. The molecule has 2 aliphatic heterocycles. The molecule has 4 rings (SSSR count). The number of pyridine rings is 1. The predicted molar refractivity (Wildman–Crippen MR) is 144 cm³/mol. The van der Waals surface area contributed by atoms with E-state index in [1.807, 2.05) is 31.7 Å². The molecule has 0 amide bonds. The number of halogens is 3. The second-order valence-corrected chi connectivity index (χ2v) is 11.9. The van der Waals surface area contributed by atoms with Crippen LogP contribution in [0.1, 0.15) is 69.9 Å². The van der Waals surface area contributed by atoms with E-state index in [1.165, 1.54) is 24.5 Å². The molecule has 2 unspecified atom stereocenters. The lowest BCUT2D eigenvalue weighted by Crippen LogP contribution is -2.48. The molecule has 38 heavy (non-hydrogen) atoms. The van der Waals surface area contributed by atoms with Crippen LogP contribution in [-0.2, 0) is 10.7 Å². The Bertz CT molecular complexity index is 1020. The molecule has 0 radical (unpaired) electrons. The van der Waals surface area contributed by atoms with E-state index in [-0.39, 0.29) is 29.1 Å². The van der Waals surface area contributed by atoms with Crippen molar-refractivity contribution >= 4 is 5.97 Å². The molecular weight excluding hydrogens is 491 g/mol. The van der Waals surface area contributed by atoms with E-state index in [4.69, 9.17) is 0 Å². The van der Waals surface area contributed by atoms with Gasteiger partial charge in [-0.1, -0.05) is 32.9 Å². The van der Waals surface area contributed by atoms with Crippen molar-refractivity contribution in [3.05, 3.63) is 65.7 Å². The summed E-state index contributed by atoms with van der Waals surface area (Å²) in [5.41, 5.74) is 0.686. The number of likely N-dealkylation sites (tertiary alicyclic amines) is 2. The Morgan fingerprint density at radius 1 is 1.11 bits per heavy atom. The van der Waals surface area contributed by atoms with Gasteiger partial charge in [0.05, 0.1) is 0 Å². The van der Waals surface area contributed by atoms with E-state index in [1.54, 1.807) is 18.2 Å². The molecule has 0 aliphatic carbocycles. The molecule has 2 fully saturated rings. The zero-order chi connectivity index (χ0) is 27.9. The van der Waals surface area contributed by atoms with Crippen LogP contribution in [0.4, 0.5) is 13.2 Å². The maximum Gasteiger partial charge on any atom is 0.321 e. The van der Waals surface area contributed by atoms with Crippen molar-refractivity contribution in [2.75, 3.05) is 33.2 Å². The Hall–Kier alpha value is -2.45. The normalized spacial score (nSPS) is 20.6. The molecule has 0 bridgehead atoms. The molecule has 2 saturated heterocycles. The molecule has 1 N–H and O–H groups in total. The number of hydrogen-bond acceptors (Lipinski definition) is 4. The summed E-state index contributed by atoms with van der Waals surface area (Å²) in [5, 5.41) is 9.47. The third-order valence-corrected chi connectivity index (χ3v) is 7.75. The number of piperidine rings is 1. The summed E-state index contributed by atoms with van der Waals surface area (Å²) < 4.78 is 41.2. The van der Waals surface area contributed by atoms with Crippen molar-refractivity contribution < 1.29 is 23.1 Å². The largest absolute Gasteiger partial charge is 0.480 e. The summed E-state index contributed by atoms with van der Waals surface area (Å²) in [6.45, 7) is 9.32. The Morgan fingerprint density at radius 2 is 1.82 bits per heavy atom. The quantitative estimate of drug-likeness (QED) is 0.446. The molecule has 0 spiro atoms. The Morgan fingerprint density at radius 3 is 2.39 bits per heavy atom. The van der Waals surface area contributed by atoms with Crippen molar-refractivity contribution in [3.63, 3.8) is 0 Å². The van der Waals surface area contributed by atoms with E-state index in [9.17, 15) is 23.1 Å². The van der Waals surface area contributed by atoms with Crippen molar-refractivity contribution in [3.8, 4) is 0 Å². The number of hydrogen-bond donors (Lipinski definition) is 1. The number of alkyl halides is 2. The maximum absolute atomic E-state index is 13.9. The summed E-state index contributed by atoms with van der Waals surface area (Å²) in [6, 6.07) is 9.16. The zero-order valence-corrected chi connectivity index (χ0v) is 23.0. The molecule has 2 aromatic rings. The van der Waals surface area contributed by atoms with Crippen LogP contribution in [0.15, 0.2) is 48.8 Å². The number of aliphatic carboxylic acids is 1. The van der Waals surface area contributed by atoms with Crippen LogP contribution < -0.4 is 0 Å². The van der Waals surface area contributed by atoms with Crippen LogP contribution in [0.5, 0.6) is 0 Å². The standard InChI is InChI=1S/C16H22FNO2.C14H20F2N2/c1-16(2,3)14(15(19)20)18-8-7-12(10-18)11-5-4-6-13(17)9-11;1-18-9-5-12(6-10-18)4-7-14(15,16)13-3-2-8-17-11-13/h4-6,9,12,14H,7-8,10H2,1-3H3,(H,19,20);2-3,8,11-12H,4-7,9-10H2,1H3. The Labute approximate surface area is 225 Å². The number of carboxylic acid groups (broad SMARTS) is 1. The minimum Gasteiger partial charge on any atom is -0.480 e. The van der Waals surface area contributed by atoms with Crippen molar-refractivity contribution in [2.24, 2.45) is 11.3 Å². The summed E-state index contributed by atoms with van der Waals surface area (Å²) in [4.78, 5) is 19.6. The first-order valence-corrected chi connectivity index (χ1v) is 13.6. The number of aromatic nitrogens is 1. The molecular formula is C30H42F3N3O2. The number of rotatable bonds is 7. The topological polar surface area (TPSA) is 56.7 Å². The van der Waals surface area contributed by atoms with Crippen LogP contribution in [0.3, 0.4) is 0 Å². The molecule has 5 nitrogen and oxygen atoms in total. The lowest BCUT2D eigenvalue weighted by molar-refractivity contribution is -0.147. The summed E-state index contributed by atoms with van der Waals surface area (Å²) in [6.07, 6.45) is 6.30. The van der Waals surface area contributed by atoms with Gasteiger partial charge in [-0.3, -0.25) is 14.7 Å². The average Bonchev–Trinajstić information content (AvgIpc) is 3.33. The van der Waals surface area contributed by atoms with Gasteiger partial charge in [-0.15, -0.1) is 0 Å². The van der Waals surface area contributed by atoms with E-state index in [0.29, 0.717) is 18.9 Å². The van der Waals surface area contributed by atoms with Gasteiger partial charge in [0.25, 0.3) is 5.92 Å². The number of nitrogens with zero attached hydrogens (tertiary/aromatic N) is 3. The van der Waals surface area contributed by atoms with Gasteiger partial charge in [0.1, 0.15) is 11.9 Å². The molecule has 210 valence electrons. The number of benzene rings is 1. The van der Waals surface area contributed by atoms with Gasteiger partial charge in [0.2, 0.25) is 0 Å². The monoisotopic (exact) mass is 533 g/mol. The highest BCUT2D eigenvalue weighted by Gasteiger charge is 2.40. The van der Waals surface area contributed by atoms with Gasteiger partial charge in [0.15, 0.2) is 0 Å². The SMILES string of the molecule is CC(C)(C)C(C(=O)O)N1CCC(c2cccc(F)c2)C1.CN1CCC(CCC(F)(F)c2cccnc2)CC1. The van der Waals surface area contributed by atoms with Crippen LogP contribution in [-0.4, -0.2) is 65.1 Å². The second-order valence-electron chi connectivity index (χ2n) is 11.9. The minimum absolute atomic E-state index is 0.0397. The van der Waals surface area contributed by atoms with Gasteiger partial charge >= 0.3 is 5.97 Å². The van der Waals surface area contributed by atoms with Crippen LogP contribution in [0, 0.1) is 17.2 Å². The van der Waals surface area contributed by atoms with Crippen molar-refractivity contribution in [1.29, 1.82) is 0 Å². The highest BCUT2D eigenvalue weighted by molar-refractivity contribution is 5.74. The summed E-state index contributed by atoms with van der Waals surface area (Å²) >= 11 is 0. The third kappa shape index (κ3) is 8.53. The Kier molecular flexibility index (Phi) is 10.4. The lowest BCUT2D eigenvalue weighted by atomic mass is 9.85. The fourth-order valence-electron chi connectivity index (χ4n) is 5.59. The molecule has 0 saturated carbocycles. The van der Waals surface area contributed by atoms with Gasteiger partial charge in [-0.2, -0.15) is 0 Å². The van der Waals surface area contributed by atoms with E-state index >= 15 is 0 Å². The molecule has 8 heteroatoms. The van der Waals surface area contributed by atoms with Crippen molar-refractivity contribution in [2.45, 2.75) is 70.8 Å². The van der Waals surface area contributed by atoms with Crippen molar-refractivity contribution in [1.82, 2.24) is 14.8 Å². The van der Waals surface area contributed by atoms with Gasteiger partial charge < -0.3 is 10.0 Å². The van der Waals surface area contributed by atoms with Gasteiger partial charge in [-0.05, 0) is 99.4 Å². The maximum atomic E-state index is 13.9. The molecule has 2 aliphatic rings. The first-order chi connectivity index (χ1) is 17.9. The van der Waals surface area contributed by atoms with E-state index in [0.717, 1.165) is 44.5 Å². The molecule has 1 aromatic heterocycles. The average molecular weight is 534 g/mol. The second kappa shape index (κ2) is 13.1. The fraction of sp³-hybridized carbons (Fsp3) is 0.600. The molecule has 3 heterocycles. The summed E-state index contributed by atoms with van der Waals surface area (Å²) in [7, 11) is 2.08. The van der Waals surface area contributed by atoms with Crippen LogP contribution >= 0.6 is 0 Å². The number of carboxylic acids is 1. The van der Waals surface area contributed by atoms with E-state index < -0.39 is 17.9 Å². The minimum atomic E-state index is -2.74. The number of carbonyl (C=O) groups is 1. The molecule has 1 aromatic carbocycles. The zero-order valence-electron chi connectivity index (χ0n) is 23.0. The highest BCUT2D eigenvalue weighted by Crippen LogP contribution is 2.36. The molecule has 2 atom stereocenters. The first kappa shape index (κ1) is 30.1. The van der Waals surface area contributed by atoms with Crippen LogP contribution in [0.25, 0.3) is 0 Å². The smallest absolute Gasteiger partial charge is 0.321 e. The Balaban J connectivity index is 0.000000212. The van der Waals surface area contributed by atoms with E-state index in [2.05, 4.69) is 16.9 Å². The fourth-order valence-corrected chi connectivity index (χ4v) is 5.59. The first-order valence-electron chi connectivity index (χ1n) is 13.6. The highest BCUT2D eigenvalue weighted by atomic mass is 19.3. The summed E-state index contributed by atoms with van der Waals surface area (Å²) in [5.74, 6) is -3.08. The van der Waals surface area contributed by atoms with Crippen LogP contribution in [0.2, 0.25) is 0 Å². The van der Waals surface area contributed by atoms with Gasteiger partial charge in [0, 0.05) is 30.9 Å².